The highest BCUT2D eigenvalue weighted by Gasteiger charge is 2.29. The largest absolute Gasteiger partial charge is 0.481 e. The summed E-state index contributed by atoms with van der Waals surface area (Å²) in [6.07, 6.45) is 32.6. The zero-order valence-electron chi connectivity index (χ0n) is 39.6. The molecule has 12 nitrogen and oxygen atoms in total. The number of unbranched alkanes of at least 4 members (excludes halogenated alkanes) is 26. The van der Waals surface area contributed by atoms with Gasteiger partial charge in [-0.2, -0.15) is 0 Å². The number of hydrogen-bond donors (Lipinski definition) is 5. The minimum atomic E-state index is -1.44. The molecule has 0 saturated carbocycles. The van der Waals surface area contributed by atoms with Gasteiger partial charge in [0.15, 0.2) is 0 Å². The fourth-order valence-electron chi connectivity index (χ4n) is 7.62. The highest BCUT2D eigenvalue weighted by Crippen LogP contribution is 2.15. The Morgan fingerprint density at radius 2 is 0.873 bits per heavy atom. The van der Waals surface area contributed by atoms with Crippen molar-refractivity contribution in [2.24, 2.45) is 0 Å². The van der Waals surface area contributed by atoms with E-state index < -0.39 is 61.0 Å². The van der Waals surface area contributed by atoms with Crippen LogP contribution in [0.15, 0.2) is 30.3 Å². The first kappa shape index (κ1) is 57.1. The van der Waals surface area contributed by atoms with E-state index >= 15 is 0 Å². The van der Waals surface area contributed by atoms with Gasteiger partial charge in [-0.1, -0.05) is 211 Å². The normalized spacial score (nSPS) is 12.0. The van der Waals surface area contributed by atoms with Crippen LogP contribution in [0.5, 0.6) is 0 Å². The molecular weight excluding hydrogens is 797 g/mol. The van der Waals surface area contributed by atoms with Crippen LogP contribution in [-0.4, -0.2) is 65.8 Å². The number of benzene rings is 1. The third-order valence-electron chi connectivity index (χ3n) is 11.5. The van der Waals surface area contributed by atoms with Crippen LogP contribution in [-0.2, 0) is 40.1 Å². The van der Waals surface area contributed by atoms with Gasteiger partial charge in [-0.15, -0.1) is 0 Å². The highest BCUT2D eigenvalue weighted by atomic mass is 16.5. The number of nitrogens with one attached hydrogen (secondary N) is 4. The first-order chi connectivity index (χ1) is 30.7. The van der Waals surface area contributed by atoms with Crippen molar-refractivity contribution in [1.29, 1.82) is 0 Å². The quantitative estimate of drug-likeness (QED) is 0.0317. The van der Waals surface area contributed by atoms with Crippen molar-refractivity contribution in [3.8, 4) is 0 Å². The molecule has 2 atom stereocenters. The van der Waals surface area contributed by atoms with Gasteiger partial charge in [-0.05, 0) is 18.4 Å². The molecule has 0 unspecified atom stereocenters. The summed E-state index contributed by atoms with van der Waals surface area (Å²) < 4.78 is 5.40. The molecule has 1 rings (SSSR count). The van der Waals surface area contributed by atoms with Crippen molar-refractivity contribution in [3.63, 3.8) is 0 Å². The van der Waals surface area contributed by atoms with Gasteiger partial charge in [0.05, 0.1) is 19.3 Å². The van der Waals surface area contributed by atoms with Gasteiger partial charge in [-0.25, -0.2) is 4.79 Å². The smallest absolute Gasteiger partial charge is 0.329 e. The van der Waals surface area contributed by atoms with Crippen molar-refractivity contribution in [2.45, 2.75) is 238 Å². The number of carboxylic acids is 1. The van der Waals surface area contributed by atoms with Crippen molar-refractivity contribution in [3.05, 3.63) is 35.9 Å². The topological polar surface area (TPSA) is 180 Å². The Balaban J connectivity index is 2.65. The lowest BCUT2D eigenvalue weighted by atomic mass is 10.0. The van der Waals surface area contributed by atoms with E-state index in [9.17, 15) is 28.8 Å². The van der Waals surface area contributed by atoms with Crippen LogP contribution in [0.3, 0.4) is 0 Å². The van der Waals surface area contributed by atoms with Gasteiger partial charge in [-0.3, -0.25) is 24.0 Å². The number of carbonyl (C=O) groups is 6. The summed E-state index contributed by atoms with van der Waals surface area (Å²) in [5, 5.41) is 19.8. The minimum Gasteiger partial charge on any atom is -0.481 e. The number of carbonyl (C=O) groups excluding carboxylic acids is 5. The van der Waals surface area contributed by atoms with Crippen LogP contribution in [0.4, 0.5) is 0 Å². The molecule has 0 aromatic heterocycles. The molecule has 0 aliphatic rings. The van der Waals surface area contributed by atoms with Crippen LogP contribution in [0.1, 0.15) is 225 Å². The van der Waals surface area contributed by atoms with E-state index in [1.54, 1.807) is 24.3 Å². The van der Waals surface area contributed by atoms with Crippen LogP contribution in [0.2, 0.25) is 0 Å². The first-order valence-corrected chi connectivity index (χ1v) is 25.2. The standard InChI is InChI=1S/C51H88N4O8/c1-3-5-7-9-11-13-15-17-19-21-23-25-27-32-38-52-47(57)40-44(50(61)53-39-33-28-26-24-22-20-18-16-14-12-10-8-6-4-2)54-48(58)41-45(55-46(56)36-37-49(59)60)51(62)63-42-43-34-30-29-31-35-43/h29-31,34-35,44-45H,3-28,32-33,36-42H2,1-2H3,(H,52,57)(H,53,61)(H,54,58)(H,55,56)(H,59,60)/t44-,45-/m0/s1. The molecule has 12 heteroatoms. The summed E-state index contributed by atoms with van der Waals surface area (Å²) in [6, 6.07) is 6.24. The molecule has 0 radical (unpaired) electrons. The molecule has 0 aliphatic heterocycles. The van der Waals surface area contributed by atoms with E-state index in [2.05, 4.69) is 35.1 Å². The van der Waals surface area contributed by atoms with E-state index in [1.165, 1.54) is 135 Å². The molecule has 0 bridgehead atoms. The lowest BCUT2D eigenvalue weighted by molar-refractivity contribution is -0.150. The predicted molar refractivity (Wildman–Crippen MR) is 253 cm³/mol. The zero-order valence-corrected chi connectivity index (χ0v) is 39.6. The fraction of sp³-hybridized carbons (Fsp3) is 0.765. The van der Waals surface area contributed by atoms with Crippen LogP contribution >= 0.6 is 0 Å². The zero-order chi connectivity index (χ0) is 46.0. The molecule has 0 saturated heterocycles. The lowest BCUT2D eigenvalue weighted by Crippen LogP contribution is -2.51. The highest BCUT2D eigenvalue weighted by molar-refractivity contribution is 5.94. The number of rotatable bonds is 43. The van der Waals surface area contributed by atoms with Crippen molar-refractivity contribution >= 4 is 35.6 Å². The van der Waals surface area contributed by atoms with E-state index in [0.29, 0.717) is 18.7 Å². The number of hydrogen-bond acceptors (Lipinski definition) is 7. The second kappa shape index (κ2) is 40.8. The van der Waals surface area contributed by atoms with E-state index in [4.69, 9.17) is 9.84 Å². The number of carboxylic acid groups (broad SMARTS) is 1. The number of esters is 1. The number of ether oxygens (including phenoxy) is 1. The molecule has 1 aromatic rings. The maximum absolute atomic E-state index is 13.4. The van der Waals surface area contributed by atoms with E-state index in [-0.39, 0.29) is 18.9 Å². The maximum atomic E-state index is 13.4. The maximum Gasteiger partial charge on any atom is 0.329 e. The molecule has 4 amide bonds. The Hall–Kier alpha value is -3.96. The van der Waals surface area contributed by atoms with Gasteiger partial charge >= 0.3 is 11.9 Å². The third-order valence-corrected chi connectivity index (χ3v) is 11.5. The monoisotopic (exact) mass is 885 g/mol. The van der Waals surface area contributed by atoms with Crippen LogP contribution in [0.25, 0.3) is 0 Å². The summed E-state index contributed by atoms with van der Waals surface area (Å²) in [7, 11) is 0. The second-order valence-electron chi connectivity index (χ2n) is 17.5. The summed E-state index contributed by atoms with van der Waals surface area (Å²) in [6.45, 7) is 5.26. The SMILES string of the molecule is CCCCCCCCCCCCCCCCNC(=O)C[C@H](NC(=O)C[C@H](NC(=O)CCC(=O)O)C(=O)OCc1ccccc1)C(=O)NCCCCCCCCCCCCCCCC. The number of amides is 4. The molecule has 0 fully saturated rings. The molecule has 63 heavy (non-hydrogen) atoms. The molecule has 360 valence electrons. The van der Waals surface area contributed by atoms with Gasteiger partial charge in [0, 0.05) is 19.5 Å². The molecule has 0 aliphatic carbocycles. The van der Waals surface area contributed by atoms with Crippen molar-refractivity contribution in [2.75, 3.05) is 13.1 Å². The summed E-state index contributed by atoms with van der Waals surface area (Å²) in [5.41, 5.74) is 0.696. The van der Waals surface area contributed by atoms with Gasteiger partial charge < -0.3 is 31.1 Å². The van der Waals surface area contributed by atoms with E-state index in [1.807, 2.05) is 6.07 Å². The summed E-state index contributed by atoms with van der Waals surface area (Å²) in [4.78, 5) is 76.7. The van der Waals surface area contributed by atoms with Crippen LogP contribution in [0, 0.1) is 0 Å². The Kier molecular flexibility index (Phi) is 36.9. The Morgan fingerprint density at radius 3 is 1.32 bits per heavy atom. The Labute approximate surface area is 381 Å². The summed E-state index contributed by atoms with van der Waals surface area (Å²) >= 11 is 0. The first-order valence-electron chi connectivity index (χ1n) is 25.2. The molecule has 1 aromatic carbocycles. The molecule has 0 spiro atoms. The van der Waals surface area contributed by atoms with Gasteiger partial charge in [0.25, 0.3) is 0 Å². The third kappa shape index (κ3) is 35.1. The minimum absolute atomic E-state index is 0.105. The number of aliphatic carboxylic acids is 1. The van der Waals surface area contributed by atoms with E-state index in [0.717, 1.165) is 44.9 Å². The average Bonchev–Trinajstić information content (AvgIpc) is 3.27. The Bertz CT molecular complexity index is 1340. The lowest BCUT2D eigenvalue weighted by Gasteiger charge is -2.21. The average molecular weight is 885 g/mol. The molecular formula is C51H88N4O8. The molecule has 5 N–H and O–H groups in total. The predicted octanol–water partition coefficient (Wildman–Crippen LogP) is 10.5. The van der Waals surface area contributed by atoms with Gasteiger partial charge in [0.2, 0.25) is 23.6 Å². The van der Waals surface area contributed by atoms with Crippen molar-refractivity contribution < 1.29 is 38.6 Å². The molecule has 0 heterocycles. The van der Waals surface area contributed by atoms with Crippen molar-refractivity contribution in [1.82, 2.24) is 21.3 Å². The Morgan fingerprint density at radius 1 is 0.476 bits per heavy atom. The second-order valence-corrected chi connectivity index (χ2v) is 17.5. The van der Waals surface area contributed by atoms with Gasteiger partial charge in [0.1, 0.15) is 18.7 Å². The fourth-order valence-corrected chi connectivity index (χ4v) is 7.62. The summed E-state index contributed by atoms with van der Waals surface area (Å²) in [5.74, 6) is -4.43. The van der Waals surface area contributed by atoms with Crippen LogP contribution < -0.4 is 21.3 Å².